The van der Waals surface area contributed by atoms with Crippen LogP contribution in [0.3, 0.4) is 0 Å². The summed E-state index contributed by atoms with van der Waals surface area (Å²) >= 11 is -5.94. The number of fused-ring (bicyclic) bond motifs is 2. The number of hydrogen-bond acceptors (Lipinski definition) is 13. The average molecular weight is 829 g/mol. The molecule has 0 amide bonds. The number of rotatable bonds is 5. The van der Waals surface area contributed by atoms with E-state index in [1.54, 1.807) is 6.07 Å². The van der Waals surface area contributed by atoms with E-state index in [1.807, 2.05) is 27.7 Å². The van der Waals surface area contributed by atoms with Crippen molar-refractivity contribution in [2.75, 3.05) is 6.61 Å². The monoisotopic (exact) mass is 828 g/mol. The third-order valence-electron chi connectivity index (χ3n) is 8.13. The van der Waals surface area contributed by atoms with Crippen LogP contribution in [0.5, 0.6) is 0 Å². The van der Waals surface area contributed by atoms with Crippen LogP contribution in [0.4, 0.5) is 0 Å². The summed E-state index contributed by atoms with van der Waals surface area (Å²) in [7, 11) is 0. The fourth-order valence-electron chi connectivity index (χ4n) is 6.16. The predicted octanol–water partition coefficient (Wildman–Crippen LogP) is -7.51. The van der Waals surface area contributed by atoms with Crippen molar-refractivity contribution >= 4 is 29.4 Å². The fraction of sp³-hybridized carbons (Fsp3) is 0.606. The van der Waals surface area contributed by atoms with Crippen LogP contribution in [-0.4, -0.2) is 78.6 Å². The van der Waals surface area contributed by atoms with Gasteiger partial charge >= 0.3 is 29.6 Å². The number of nitrogens with one attached hydrogen (secondary N) is 2. The van der Waals surface area contributed by atoms with Gasteiger partial charge < -0.3 is 30.4 Å². The minimum absolute atomic E-state index is 0. The van der Waals surface area contributed by atoms with Crippen LogP contribution in [-0.2, 0) is 22.4 Å². The molecule has 2 aromatic rings. The first-order chi connectivity index (χ1) is 22.3. The van der Waals surface area contributed by atoms with Gasteiger partial charge in [-0.15, -0.1) is 0 Å². The number of carbonyl (C=O) groups excluding carboxylic acids is 5. The van der Waals surface area contributed by atoms with E-state index in [-0.39, 0.29) is 81.0 Å². The molecule has 274 valence electrons. The van der Waals surface area contributed by atoms with Gasteiger partial charge in [-0.05, 0) is 41.2 Å². The molecule has 50 heavy (non-hydrogen) atoms. The minimum atomic E-state index is -5.94. The molecule has 0 bridgehead atoms. The van der Waals surface area contributed by atoms with Crippen LogP contribution < -0.4 is 63.4 Å². The standard InChI is InChI=1S/C14H21NO5.C11H13NO2.C8H12O2.IO4.Na/c1-14(2)4-9-7(10(17)5-14)3-8(15-9)12(19)13(20)11(18)6-16;1-11(2)4-9-8(10(14)5-11)3-7(6-13)12-9;1-8(2)4-6(9)3-7(10)5-8;2-1(3,4)5;/h3,11-13,15-16,18-20H,4-6H2,1-2H3;3,6,12H,4-5H2,1-2H3;3-5H2,1-2H3;;/q;;;-1;+1/t11-,12-,13-;;;;/m1..../s1. The van der Waals surface area contributed by atoms with Gasteiger partial charge in [-0.1, -0.05) is 41.5 Å². The van der Waals surface area contributed by atoms with E-state index in [2.05, 4.69) is 23.8 Å². The summed E-state index contributed by atoms with van der Waals surface area (Å²) in [5, 5.41) is 37.8. The molecule has 0 radical (unpaired) electrons. The Kier molecular flexibility index (Phi) is 17.0. The van der Waals surface area contributed by atoms with E-state index in [4.69, 9.17) is 18.9 Å². The Morgan fingerprint density at radius 3 is 1.54 bits per heavy atom. The van der Waals surface area contributed by atoms with Crippen molar-refractivity contribution in [3.8, 4) is 0 Å². The van der Waals surface area contributed by atoms with Crippen molar-refractivity contribution in [2.24, 2.45) is 16.2 Å². The Hall–Kier alpha value is -1.68. The molecule has 3 atom stereocenters. The molecule has 2 aromatic heterocycles. The number of aromatic amines is 2. The number of hydrogen-bond donors (Lipinski definition) is 6. The molecule has 0 unspecified atom stereocenters. The van der Waals surface area contributed by atoms with Crippen LogP contribution in [0.15, 0.2) is 12.1 Å². The van der Waals surface area contributed by atoms with Crippen molar-refractivity contribution in [2.45, 2.75) is 105 Å². The van der Waals surface area contributed by atoms with Crippen LogP contribution in [0, 0.1) is 16.2 Å². The number of carbonyl (C=O) groups is 5. The van der Waals surface area contributed by atoms with Gasteiger partial charge in [0.1, 0.15) is 50.0 Å². The zero-order chi connectivity index (χ0) is 37.7. The third kappa shape index (κ3) is 14.7. The topological polar surface area (TPSA) is 290 Å². The van der Waals surface area contributed by atoms with Crippen molar-refractivity contribution in [1.82, 2.24) is 9.97 Å². The molecule has 3 aliphatic rings. The Labute approximate surface area is 318 Å². The summed E-state index contributed by atoms with van der Waals surface area (Å²) in [6.45, 7) is 11.4. The van der Waals surface area contributed by atoms with Gasteiger partial charge in [-0.2, -0.15) is 0 Å². The molecule has 1 saturated carbocycles. The molecule has 2 heterocycles. The first-order valence-corrected chi connectivity index (χ1v) is 19.0. The maximum absolute atomic E-state index is 12.0. The Bertz CT molecular complexity index is 1500. The number of aliphatic hydroxyl groups is 4. The molecule has 0 saturated heterocycles. The summed E-state index contributed by atoms with van der Waals surface area (Å²) in [4.78, 5) is 62.0. The Morgan fingerprint density at radius 1 is 0.740 bits per heavy atom. The fourth-order valence-corrected chi connectivity index (χ4v) is 6.16. The van der Waals surface area contributed by atoms with E-state index in [1.165, 1.54) is 6.07 Å². The molecule has 0 spiro atoms. The molecule has 5 rings (SSSR count). The van der Waals surface area contributed by atoms with Gasteiger partial charge in [0.25, 0.3) is 0 Å². The van der Waals surface area contributed by atoms with Crippen LogP contribution >= 0.6 is 0 Å². The zero-order valence-corrected chi connectivity index (χ0v) is 33.6. The molecule has 1 fully saturated rings. The number of Topliss-reactive ketones (excluding diaryl/α,β-unsaturated/α-hetero) is 4. The minimum Gasteiger partial charge on any atom is -0.394 e. The van der Waals surface area contributed by atoms with Gasteiger partial charge in [0.05, 0.1) is 18.7 Å². The summed E-state index contributed by atoms with van der Waals surface area (Å²) in [5.41, 5.74) is 3.46. The number of ketones is 4. The second kappa shape index (κ2) is 18.4. The molecule has 0 aliphatic heterocycles. The van der Waals surface area contributed by atoms with Gasteiger partial charge in [0.2, 0.25) is 0 Å². The first-order valence-electron chi connectivity index (χ1n) is 15.5. The van der Waals surface area contributed by atoms with E-state index in [0.29, 0.717) is 48.9 Å². The molecule has 15 nitrogen and oxygen atoms in total. The van der Waals surface area contributed by atoms with Crippen LogP contribution in [0.2, 0.25) is 0 Å². The quantitative estimate of drug-likeness (QED) is 0.0708. The second-order valence-electron chi connectivity index (χ2n) is 15.1. The smallest absolute Gasteiger partial charge is 0.394 e. The first kappa shape index (κ1) is 46.3. The van der Waals surface area contributed by atoms with Gasteiger partial charge in [0.15, 0.2) is 17.9 Å². The summed E-state index contributed by atoms with van der Waals surface area (Å²) in [5.74, 6) is 0.339. The molecule has 3 aliphatic carbocycles. The molecule has 0 aromatic carbocycles. The van der Waals surface area contributed by atoms with Gasteiger partial charge in [0, 0.05) is 53.9 Å². The van der Waals surface area contributed by atoms with Crippen molar-refractivity contribution in [3.05, 3.63) is 46.0 Å². The predicted molar refractivity (Wildman–Crippen MR) is 162 cm³/mol. The van der Waals surface area contributed by atoms with Gasteiger partial charge in [-0.25, -0.2) is 0 Å². The normalized spacial score (nSPS) is 20.4. The SMILES string of the molecule is CC1(C)CC(=O)CC(=O)C1.CC1(C)CC(=O)c2cc(C=O)[nH]c2C1.CC1(C)CC(=O)c2cc([C@@H](O)[C@H](O)[C@H](O)CO)[nH]c2C1.[Na+].[O-][I+3]([O-])([O-])[O-]. The van der Waals surface area contributed by atoms with E-state index >= 15 is 0 Å². The number of H-pyrrole nitrogens is 2. The van der Waals surface area contributed by atoms with E-state index in [0.717, 1.165) is 24.1 Å². The zero-order valence-electron chi connectivity index (χ0n) is 29.5. The van der Waals surface area contributed by atoms with Gasteiger partial charge in [-0.3, -0.25) is 37.7 Å². The Morgan fingerprint density at radius 2 is 1.14 bits per heavy atom. The van der Waals surface area contributed by atoms with Crippen LogP contribution in [0.25, 0.3) is 0 Å². The second-order valence-corrected chi connectivity index (χ2v) is 17.2. The number of aliphatic hydroxyl groups excluding tert-OH is 4. The molecule has 6 N–H and O–H groups in total. The largest absolute Gasteiger partial charge is 1.00 e. The summed E-state index contributed by atoms with van der Waals surface area (Å²) < 4.78 is 34.5. The van der Waals surface area contributed by atoms with Crippen molar-refractivity contribution in [1.29, 1.82) is 0 Å². The Balaban J connectivity index is 0.000000364. The van der Waals surface area contributed by atoms with Crippen LogP contribution in [0.1, 0.15) is 128 Å². The molecular weight excluding hydrogens is 782 g/mol. The molecular formula is C33H46IN2NaO13. The maximum atomic E-state index is 12.0. The van der Waals surface area contributed by atoms with Crippen molar-refractivity contribution < 1.29 is 108 Å². The summed E-state index contributed by atoms with van der Waals surface area (Å²) in [6, 6.07) is 3.17. The number of aldehydes is 1. The summed E-state index contributed by atoms with van der Waals surface area (Å²) in [6.07, 6.45) is 0.256. The number of aromatic nitrogens is 2. The number of halogens is 1. The van der Waals surface area contributed by atoms with E-state index < -0.39 is 45.0 Å². The average Bonchev–Trinajstić information content (AvgIpc) is 3.53. The maximum Gasteiger partial charge on any atom is 1.00 e. The molecule has 17 heteroatoms. The van der Waals surface area contributed by atoms with Crippen molar-refractivity contribution in [3.63, 3.8) is 0 Å². The van der Waals surface area contributed by atoms with E-state index in [9.17, 15) is 39.3 Å². The third-order valence-corrected chi connectivity index (χ3v) is 8.13.